The summed E-state index contributed by atoms with van der Waals surface area (Å²) in [4.78, 5) is 35.1. The zero-order valence-corrected chi connectivity index (χ0v) is 10.6. The third-order valence-electron chi connectivity index (χ3n) is 1.80. The highest BCUT2D eigenvalue weighted by molar-refractivity contribution is 7.51. The summed E-state index contributed by atoms with van der Waals surface area (Å²) in [7, 11) is -4.21. The lowest BCUT2D eigenvalue weighted by molar-refractivity contribution is 0.109. The molecule has 1 aromatic rings. The Morgan fingerprint density at radius 2 is 1.95 bits per heavy atom. The quantitative estimate of drug-likeness (QED) is 0.277. The molecule has 0 fully saturated rings. The highest BCUT2D eigenvalue weighted by Crippen LogP contribution is 2.33. The van der Waals surface area contributed by atoms with Gasteiger partial charge in [0.25, 0.3) is 0 Å². The lowest BCUT2D eigenvalue weighted by Crippen LogP contribution is -2.12. The van der Waals surface area contributed by atoms with Crippen molar-refractivity contribution in [2.45, 2.75) is 0 Å². The van der Waals surface area contributed by atoms with Gasteiger partial charge in [-0.25, -0.2) is 0 Å². The summed E-state index contributed by atoms with van der Waals surface area (Å²) in [5.74, 6) is -0.386. The summed E-state index contributed by atoms with van der Waals surface area (Å²) in [5.41, 5.74) is 10.7. The first-order valence-electron chi connectivity index (χ1n) is 4.97. The second-order valence-corrected chi connectivity index (χ2v) is 4.94. The van der Waals surface area contributed by atoms with Crippen molar-refractivity contribution in [3.8, 4) is 5.88 Å². The average molecular weight is 292 g/mol. The van der Waals surface area contributed by atoms with Crippen molar-refractivity contribution in [3.05, 3.63) is 5.56 Å². The van der Waals surface area contributed by atoms with Crippen LogP contribution in [0, 0.1) is 0 Å². The van der Waals surface area contributed by atoms with Gasteiger partial charge in [0.1, 0.15) is 24.3 Å². The van der Waals surface area contributed by atoms with Gasteiger partial charge in [-0.3, -0.25) is 9.36 Å². The summed E-state index contributed by atoms with van der Waals surface area (Å²) in [6, 6.07) is 0. The number of carbonyl (C=O) groups excluding carboxylic acids is 1. The highest BCUT2D eigenvalue weighted by atomic mass is 31.2. The Balaban J connectivity index is 2.54. The topological polar surface area (TPSA) is 171 Å². The van der Waals surface area contributed by atoms with Gasteiger partial charge in [0.05, 0.1) is 6.61 Å². The minimum absolute atomic E-state index is 0.0517. The van der Waals surface area contributed by atoms with E-state index in [1.165, 1.54) is 0 Å². The monoisotopic (exact) mass is 292 g/mol. The van der Waals surface area contributed by atoms with E-state index in [1.54, 1.807) is 0 Å². The number of anilines is 2. The number of nitrogens with zero attached hydrogens (tertiary/aromatic N) is 2. The molecule has 0 saturated carbocycles. The maximum absolute atomic E-state index is 10.8. The van der Waals surface area contributed by atoms with Crippen molar-refractivity contribution in [2.24, 2.45) is 0 Å². The summed E-state index contributed by atoms with van der Waals surface area (Å²) in [6.45, 7) is -0.191. The molecule has 6 N–H and O–H groups in total. The summed E-state index contributed by atoms with van der Waals surface area (Å²) in [6.07, 6.45) is -0.300. The smallest absolute Gasteiger partial charge is 0.350 e. The van der Waals surface area contributed by atoms with Gasteiger partial charge in [0.2, 0.25) is 11.8 Å². The lowest BCUT2D eigenvalue weighted by Gasteiger charge is -2.09. The van der Waals surface area contributed by atoms with E-state index in [-0.39, 0.29) is 36.4 Å². The van der Waals surface area contributed by atoms with Crippen LogP contribution in [0.15, 0.2) is 0 Å². The van der Waals surface area contributed by atoms with Gasteiger partial charge < -0.3 is 30.7 Å². The molecule has 0 radical (unpaired) electrons. The van der Waals surface area contributed by atoms with Crippen LogP contribution in [0.4, 0.5) is 11.8 Å². The van der Waals surface area contributed by atoms with Gasteiger partial charge in [-0.2, -0.15) is 9.97 Å². The second kappa shape index (κ2) is 6.43. The first-order valence-corrected chi connectivity index (χ1v) is 6.76. The van der Waals surface area contributed by atoms with E-state index in [1.807, 2.05) is 0 Å². The number of rotatable bonds is 7. The van der Waals surface area contributed by atoms with Crippen LogP contribution in [-0.2, 0) is 9.30 Å². The fourth-order valence-corrected chi connectivity index (χ4v) is 1.45. The first-order chi connectivity index (χ1) is 8.83. The standard InChI is InChI=1S/C8H13N4O6P/c9-6-5(3-13)7(12-8(10)11-6)18-2-1-17-4-19(14,15)16/h3H,1-2,4H2,(H2,14,15,16)(H4,9,10,11,12). The molecule has 0 aliphatic heterocycles. The van der Waals surface area contributed by atoms with Gasteiger partial charge in [-0.1, -0.05) is 0 Å². The van der Waals surface area contributed by atoms with Gasteiger partial charge >= 0.3 is 7.60 Å². The first kappa shape index (κ1) is 15.3. The minimum Gasteiger partial charge on any atom is -0.475 e. The molecule has 10 nitrogen and oxygen atoms in total. The zero-order valence-electron chi connectivity index (χ0n) is 9.72. The van der Waals surface area contributed by atoms with Gasteiger partial charge in [0, 0.05) is 0 Å². The Morgan fingerprint density at radius 3 is 2.53 bits per heavy atom. The Bertz CT molecular complexity index is 504. The number of carbonyl (C=O) groups is 1. The van der Waals surface area contributed by atoms with E-state index in [2.05, 4.69) is 14.7 Å². The maximum Gasteiger partial charge on any atom is 0.350 e. The normalized spacial score (nSPS) is 11.3. The summed E-state index contributed by atoms with van der Waals surface area (Å²) in [5, 5.41) is 0. The van der Waals surface area contributed by atoms with Crippen LogP contribution in [0.3, 0.4) is 0 Å². The number of aldehydes is 1. The second-order valence-electron chi connectivity index (χ2n) is 3.35. The number of aromatic nitrogens is 2. The summed E-state index contributed by atoms with van der Waals surface area (Å²) >= 11 is 0. The molecule has 106 valence electrons. The molecule has 11 heteroatoms. The van der Waals surface area contributed by atoms with E-state index in [0.29, 0.717) is 6.29 Å². The maximum atomic E-state index is 10.8. The van der Waals surface area contributed by atoms with Crippen LogP contribution in [0.2, 0.25) is 0 Å². The molecule has 1 aromatic heterocycles. The Kier molecular flexibility index (Phi) is 5.19. The number of ether oxygens (including phenoxy) is 2. The third-order valence-corrected chi connectivity index (χ3v) is 2.32. The number of nitrogen functional groups attached to an aromatic ring is 2. The summed E-state index contributed by atoms with van der Waals surface area (Å²) < 4.78 is 20.2. The van der Waals surface area contributed by atoms with Crippen LogP contribution in [0.1, 0.15) is 10.4 Å². The van der Waals surface area contributed by atoms with E-state index < -0.39 is 13.9 Å². The van der Waals surface area contributed by atoms with E-state index in [9.17, 15) is 9.36 Å². The predicted octanol–water partition coefficient (Wildman–Crippen LogP) is -1.02. The van der Waals surface area contributed by atoms with Crippen molar-refractivity contribution in [2.75, 3.05) is 31.0 Å². The molecule has 0 aromatic carbocycles. The molecule has 0 aliphatic rings. The number of hydrogen-bond donors (Lipinski definition) is 4. The van der Waals surface area contributed by atoms with Gasteiger partial charge in [0.15, 0.2) is 6.29 Å². The van der Waals surface area contributed by atoms with Crippen LogP contribution in [-0.4, -0.2) is 45.6 Å². The minimum atomic E-state index is -4.21. The van der Waals surface area contributed by atoms with Gasteiger partial charge in [-0.15, -0.1) is 0 Å². The van der Waals surface area contributed by atoms with Crippen LogP contribution in [0.5, 0.6) is 5.88 Å². The van der Waals surface area contributed by atoms with Crippen molar-refractivity contribution < 1.29 is 28.6 Å². The van der Waals surface area contributed by atoms with Crippen molar-refractivity contribution in [1.82, 2.24) is 9.97 Å². The molecular weight excluding hydrogens is 279 g/mol. The van der Waals surface area contributed by atoms with E-state index in [0.717, 1.165) is 0 Å². The zero-order chi connectivity index (χ0) is 14.5. The molecule has 0 amide bonds. The van der Waals surface area contributed by atoms with Crippen molar-refractivity contribution in [3.63, 3.8) is 0 Å². The third kappa shape index (κ3) is 5.18. The Hall–Kier alpha value is -1.74. The van der Waals surface area contributed by atoms with E-state index >= 15 is 0 Å². The van der Waals surface area contributed by atoms with Crippen LogP contribution < -0.4 is 16.2 Å². The van der Waals surface area contributed by atoms with Crippen LogP contribution >= 0.6 is 7.60 Å². The fourth-order valence-electron chi connectivity index (χ4n) is 1.08. The largest absolute Gasteiger partial charge is 0.475 e. The van der Waals surface area contributed by atoms with E-state index in [4.69, 9.17) is 26.0 Å². The fraction of sp³-hybridized carbons (Fsp3) is 0.375. The Labute approximate surface area is 107 Å². The molecular formula is C8H13N4O6P. The molecule has 0 aliphatic carbocycles. The van der Waals surface area contributed by atoms with Gasteiger partial charge in [-0.05, 0) is 0 Å². The van der Waals surface area contributed by atoms with Crippen LogP contribution in [0.25, 0.3) is 0 Å². The highest BCUT2D eigenvalue weighted by Gasteiger charge is 2.14. The number of nitrogens with two attached hydrogens (primary N) is 2. The average Bonchev–Trinajstić information content (AvgIpc) is 2.26. The Morgan fingerprint density at radius 1 is 1.26 bits per heavy atom. The van der Waals surface area contributed by atoms with Crippen molar-refractivity contribution in [1.29, 1.82) is 0 Å². The molecule has 1 rings (SSSR count). The lowest BCUT2D eigenvalue weighted by atomic mass is 10.3. The molecule has 0 atom stereocenters. The molecule has 0 bridgehead atoms. The predicted molar refractivity (Wildman–Crippen MR) is 64.6 cm³/mol. The molecule has 1 heterocycles. The van der Waals surface area contributed by atoms with Crippen molar-refractivity contribution >= 4 is 25.6 Å². The molecule has 0 unspecified atom stereocenters. The SMILES string of the molecule is Nc1nc(N)c(C=O)c(OCCOCP(=O)(O)O)n1. The number of hydrogen-bond acceptors (Lipinski definition) is 8. The molecule has 0 spiro atoms. The molecule has 0 saturated heterocycles. The molecule has 19 heavy (non-hydrogen) atoms.